The van der Waals surface area contributed by atoms with Crippen LogP contribution in [0.5, 0.6) is 0 Å². The van der Waals surface area contributed by atoms with E-state index in [9.17, 15) is 10.1 Å². The number of hydrogen-bond donors (Lipinski definition) is 1. The summed E-state index contributed by atoms with van der Waals surface area (Å²) < 4.78 is 0. The van der Waals surface area contributed by atoms with Crippen molar-refractivity contribution in [3.8, 4) is 0 Å². The lowest BCUT2D eigenvalue weighted by Gasteiger charge is -2.17. The largest absolute Gasteiger partial charge is 0.368 e. The van der Waals surface area contributed by atoms with Gasteiger partial charge in [-0.05, 0) is 19.8 Å². The smallest absolute Gasteiger partial charge is 0.332 e. The number of nitrogens with zero attached hydrogens (tertiary/aromatic N) is 4. The van der Waals surface area contributed by atoms with Crippen molar-refractivity contribution in [1.82, 2.24) is 9.97 Å². The average molecular weight is 223 g/mol. The van der Waals surface area contributed by atoms with Gasteiger partial charge in [-0.25, -0.2) is 4.98 Å². The van der Waals surface area contributed by atoms with Gasteiger partial charge in [0.15, 0.2) is 0 Å². The Bertz CT molecular complexity index is 444. The molecule has 1 aromatic heterocycles. The Hall–Kier alpha value is -1.92. The second-order valence-corrected chi connectivity index (χ2v) is 3.94. The third-order valence-corrected chi connectivity index (χ3v) is 2.67. The van der Waals surface area contributed by atoms with Crippen LogP contribution in [0.1, 0.15) is 18.5 Å². The first-order valence-electron chi connectivity index (χ1n) is 5.02. The average Bonchev–Trinajstić information content (AvgIpc) is 2.97. The third kappa shape index (κ3) is 1.75. The number of hydrogen-bond acceptors (Lipinski definition) is 6. The fraction of sp³-hybridized carbons (Fsp3) is 0.556. The van der Waals surface area contributed by atoms with Crippen LogP contribution in [0.25, 0.3) is 0 Å². The minimum atomic E-state index is -0.455. The topological polar surface area (TPSA) is 98.2 Å². The number of nitrogens with two attached hydrogens (primary N) is 1. The Balaban J connectivity index is 2.51. The van der Waals surface area contributed by atoms with Crippen molar-refractivity contribution in [1.29, 1.82) is 0 Å². The quantitative estimate of drug-likeness (QED) is 0.603. The maximum Gasteiger partial charge on any atom is 0.332 e. The molecule has 0 saturated heterocycles. The lowest BCUT2D eigenvalue weighted by Crippen LogP contribution is -2.23. The first-order valence-corrected chi connectivity index (χ1v) is 5.02. The summed E-state index contributed by atoms with van der Waals surface area (Å²) in [6, 6.07) is 0.340. The lowest BCUT2D eigenvalue weighted by molar-refractivity contribution is -0.385. The maximum absolute atomic E-state index is 11.0. The number of nitro groups is 1. The third-order valence-electron chi connectivity index (χ3n) is 2.67. The molecule has 1 saturated carbocycles. The SMILES string of the molecule is Cc1nc(N)nc(N(C)C2CC2)c1[N+](=O)[O-]. The van der Waals surface area contributed by atoms with E-state index in [1.807, 2.05) is 4.90 Å². The molecule has 2 rings (SSSR count). The highest BCUT2D eigenvalue weighted by atomic mass is 16.6. The van der Waals surface area contributed by atoms with Gasteiger partial charge in [-0.1, -0.05) is 0 Å². The van der Waals surface area contributed by atoms with Crippen molar-refractivity contribution in [2.75, 3.05) is 17.7 Å². The van der Waals surface area contributed by atoms with Gasteiger partial charge < -0.3 is 10.6 Å². The molecule has 7 heteroatoms. The summed E-state index contributed by atoms with van der Waals surface area (Å²) in [5.41, 5.74) is 5.77. The standard InChI is InChI=1S/C9H13N5O2/c1-5-7(14(15)16)8(12-9(10)11-5)13(2)6-3-4-6/h6H,3-4H2,1-2H3,(H2,10,11,12). The zero-order chi connectivity index (χ0) is 11.9. The molecule has 1 aliphatic carbocycles. The predicted octanol–water partition coefficient (Wildman–Crippen LogP) is 0.874. The molecule has 1 aliphatic rings. The van der Waals surface area contributed by atoms with Crippen LogP contribution in [-0.2, 0) is 0 Å². The number of aromatic nitrogens is 2. The van der Waals surface area contributed by atoms with Gasteiger partial charge in [0.05, 0.1) is 4.92 Å². The molecule has 0 spiro atoms. The van der Waals surface area contributed by atoms with Crippen LogP contribution in [0.2, 0.25) is 0 Å². The summed E-state index contributed by atoms with van der Waals surface area (Å²) in [6.45, 7) is 1.57. The van der Waals surface area contributed by atoms with Crippen molar-refractivity contribution in [3.05, 3.63) is 15.8 Å². The molecule has 16 heavy (non-hydrogen) atoms. The molecule has 2 N–H and O–H groups in total. The van der Waals surface area contributed by atoms with Crippen molar-refractivity contribution >= 4 is 17.5 Å². The van der Waals surface area contributed by atoms with Gasteiger partial charge in [0.25, 0.3) is 0 Å². The summed E-state index contributed by atoms with van der Waals surface area (Å²) in [6.07, 6.45) is 2.08. The molecular formula is C9H13N5O2. The zero-order valence-corrected chi connectivity index (χ0v) is 9.17. The molecular weight excluding hydrogens is 210 g/mol. The molecule has 0 amide bonds. The van der Waals surface area contributed by atoms with Crippen LogP contribution in [0.4, 0.5) is 17.5 Å². The molecule has 7 nitrogen and oxygen atoms in total. The first-order chi connectivity index (χ1) is 7.50. The van der Waals surface area contributed by atoms with E-state index >= 15 is 0 Å². The highest BCUT2D eigenvalue weighted by molar-refractivity contribution is 5.62. The Morgan fingerprint density at radius 3 is 2.62 bits per heavy atom. The molecule has 0 atom stereocenters. The second-order valence-electron chi connectivity index (χ2n) is 3.94. The Morgan fingerprint density at radius 1 is 1.50 bits per heavy atom. The monoisotopic (exact) mass is 223 g/mol. The van der Waals surface area contributed by atoms with Gasteiger partial charge in [0.1, 0.15) is 5.69 Å². The van der Waals surface area contributed by atoms with Gasteiger partial charge in [-0.15, -0.1) is 0 Å². The molecule has 0 radical (unpaired) electrons. The number of aryl methyl sites for hydroxylation is 1. The second kappa shape index (κ2) is 3.58. The van der Waals surface area contributed by atoms with E-state index in [-0.39, 0.29) is 11.6 Å². The van der Waals surface area contributed by atoms with E-state index in [1.54, 1.807) is 14.0 Å². The zero-order valence-electron chi connectivity index (χ0n) is 9.17. The van der Waals surface area contributed by atoms with Crippen molar-refractivity contribution in [2.24, 2.45) is 0 Å². The summed E-state index contributed by atoms with van der Waals surface area (Å²) in [7, 11) is 1.80. The summed E-state index contributed by atoms with van der Waals surface area (Å²) >= 11 is 0. The van der Waals surface area contributed by atoms with E-state index < -0.39 is 4.92 Å². The maximum atomic E-state index is 11.0. The van der Waals surface area contributed by atoms with E-state index in [2.05, 4.69) is 9.97 Å². The lowest BCUT2D eigenvalue weighted by atomic mass is 10.3. The van der Waals surface area contributed by atoms with Crippen LogP contribution in [-0.4, -0.2) is 28.0 Å². The number of rotatable bonds is 3. The van der Waals surface area contributed by atoms with Gasteiger partial charge in [0, 0.05) is 13.1 Å². The van der Waals surface area contributed by atoms with Crippen molar-refractivity contribution in [3.63, 3.8) is 0 Å². The minimum Gasteiger partial charge on any atom is -0.368 e. The molecule has 0 aliphatic heterocycles. The van der Waals surface area contributed by atoms with Crippen LogP contribution in [0.15, 0.2) is 0 Å². The first kappa shape index (κ1) is 10.6. The minimum absolute atomic E-state index is 0.0522. The number of nitrogen functional groups attached to an aromatic ring is 1. The molecule has 0 unspecified atom stereocenters. The van der Waals surface area contributed by atoms with Crippen molar-refractivity contribution < 1.29 is 4.92 Å². The van der Waals surface area contributed by atoms with E-state index in [0.29, 0.717) is 17.6 Å². The highest BCUT2D eigenvalue weighted by Crippen LogP contribution is 2.35. The van der Waals surface area contributed by atoms with Crippen LogP contribution < -0.4 is 10.6 Å². The molecule has 86 valence electrons. The van der Waals surface area contributed by atoms with Gasteiger partial charge in [-0.2, -0.15) is 4.98 Å². The van der Waals surface area contributed by atoms with Crippen LogP contribution in [0.3, 0.4) is 0 Å². The Morgan fingerprint density at radius 2 is 2.12 bits per heavy atom. The molecule has 0 bridgehead atoms. The highest BCUT2D eigenvalue weighted by Gasteiger charge is 2.33. The molecule has 0 aromatic carbocycles. The summed E-state index contributed by atoms with van der Waals surface area (Å²) in [5, 5.41) is 11.0. The Labute approximate surface area is 92.4 Å². The summed E-state index contributed by atoms with van der Waals surface area (Å²) in [5.74, 6) is 0.392. The van der Waals surface area contributed by atoms with Crippen LogP contribution >= 0.6 is 0 Å². The molecule has 1 heterocycles. The number of anilines is 2. The molecule has 1 aromatic rings. The summed E-state index contributed by atoms with van der Waals surface area (Å²) in [4.78, 5) is 20.1. The Kier molecular flexibility index (Phi) is 2.37. The van der Waals surface area contributed by atoms with Gasteiger partial charge in [0.2, 0.25) is 11.8 Å². The van der Waals surface area contributed by atoms with E-state index in [4.69, 9.17) is 5.73 Å². The van der Waals surface area contributed by atoms with Crippen LogP contribution in [0, 0.1) is 17.0 Å². The van der Waals surface area contributed by atoms with Gasteiger partial charge in [-0.3, -0.25) is 10.1 Å². The predicted molar refractivity (Wildman–Crippen MR) is 59.3 cm³/mol. The molecule has 1 fully saturated rings. The fourth-order valence-electron chi connectivity index (χ4n) is 1.67. The van der Waals surface area contributed by atoms with E-state index in [0.717, 1.165) is 12.8 Å². The van der Waals surface area contributed by atoms with Crippen molar-refractivity contribution in [2.45, 2.75) is 25.8 Å². The van der Waals surface area contributed by atoms with E-state index in [1.165, 1.54) is 0 Å². The fourth-order valence-corrected chi connectivity index (χ4v) is 1.67. The van der Waals surface area contributed by atoms with Gasteiger partial charge >= 0.3 is 5.69 Å². The normalized spacial score (nSPS) is 14.9.